The molecule has 2 nitrogen and oxygen atoms in total. The lowest BCUT2D eigenvalue weighted by Gasteiger charge is -2.10. The predicted molar refractivity (Wildman–Crippen MR) is 51.9 cm³/mol. The highest BCUT2D eigenvalue weighted by Crippen LogP contribution is 1.95. The van der Waals surface area contributed by atoms with Crippen molar-refractivity contribution in [2.45, 2.75) is 38.6 Å². The van der Waals surface area contributed by atoms with E-state index < -0.39 is 0 Å². The van der Waals surface area contributed by atoms with E-state index in [1.165, 1.54) is 0 Å². The number of hydrogen-bond acceptors (Lipinski definition) is 2. The van der Waals surface area contributed by atoms with E-state index in [4.69, 9.17) is 11.5 Å². The molecule has 2 heteroatoms. The molecule has 0 radical (unpaired) electrons. The monoisotopic (exact) mass is 169 g/mol. The van der Waals surface area contributed by atoms with Gasteiger partial charge in [0, 0.05) is 6.61 Å². The van der Waals surface area contributed by atoms with Crippen LogP contribution in [0.25, 0.3) is 0 Å². The Hall–Kier alpha value is -0.520. The van der Waals surface area contributed by atoms with Crippen molar-refractivity contribution in [1.29, 1.82) is 0 Å². The molecule has 0 aromatic rings. The Morgan fingerprint density at radius 3 is 2.75 bits per heavy atom. The Morgan fingerprint density at radius 1 is 1.50 bits per heavy atom. The minimum atomic E-state index is 0.216. The summed E-state index contributed by atoms with van der Waals surface area (Å²) in [5.41, 5.74) is 0. The first-order valence-corrected chi connectivity index (χ1v) is 4.65. The van der Waals surface area contributed by atoms with Crippen molar-refractivity contribution in [2.24, 2.45) is 0 Å². The largest absolute Gasteiger partial charge is 0.396 e. The third-order valence-electron chi connectivity index (χ3n) is 1.75. The van der Waals surface area contributed by atoms with Crippen LogP contribution in [0, 0.1) is 12.3 Å². The van der Waals surface area contributed by atoms with Gasteiger partial charge in [-0.2, -0.15) is 0 Å². The Kier molecular flexibility index (Phi) is 8.20. The second-order valence-corrected chi connectivity index (χ2v) is 2.89. The summed E-state index contributed by atoms with van der Waals surface area (Å²) in [6, 6.07) is 0.216. The lowest BCUT2D eigenvalue weighted by Crippen LogP contribution is -2.28. The van der Waals surface area contributed by atoms with Crippen molar-refractivity contribution in [3.63, 3.8) is 0 Å². The average molecular weight is 169 g/mol. The summed E-state index contributed by atoms with van der Waals surface area (Å²) in [7, 11) is 0. The third-order valence-corrected chi connectivity index (χ3v) is 1.75. The number of unbranched alkanes of at least 4 members (excludes halogenated alkanes) is 1. The zero-order valence-electron chi connectivity index (χ0n) is 7.84. The van der Waals surface area contributed by atoms with E-state index in [0.29, 0.717) is 0 Å². The van der Waals surface area contributed by atoms with Crippen molar-refractivity contribution in [3.8, 4) is 12.3 Å². The molecule has 1 unspecified atom stereocenters. The van der Waals surface area contributed by atoms with Gasteiger partial charge in [-0.1, -0.05) is 19.3 Å². The van der Waals surface area contributed by atoms with Crippen molar-refractivity contribution in [2.75, 3.05) is 13.2 Å². The van der Waals surface area contributed by atoms with Gasteiger partial charge in [-0.05, 0) is 25.8 Å². The molecule has 0 heterocycles. The summed E-state index contributed by atoms with van der Waals surface area (Å²) in [4.78, 5) is 0. The average Bonchev–Trinajstić information content (AvgIpc) is 2.10. The van der Waals surface area contributed by atoms with Gasteiger partial charge in [0.1, 0.15) is 0 Å². The molecular weight excluding hydrogens is 150 g/mol. The zero-order chi connectivity index (χ0) is 9.23. The minimum Gasteiger partial charge on any atom is -0.396 e. The fourth-order valence-electron chi connectivity index (χ4n) is 1.05. The van der Waals surface area contributed by atoms with Gasteiger partial charge in [-0.25, -0.2) is 0 Å². The van der Waals surface area contributed by atoms with Crippen LogP contribution in [-0.2, 0) is 0 Å². The van der Waals surface area contributed by atoms with E-state index >= 15 is 0 Å². The number of nitrogens with one attached hydrogen (secondary N) is 1. The smallest absolute Gasteiger partial charge is 0.0686 e. The molecule has 0 aliphatic heterocycles. The maximum absolute atomic E-state index is 8.52. The first kappa shape index (κ1) is 11.5. The molecule has 0 saturated carbocycles. The first-order chi connectivity index (χ1) is 5.85. The highest BCUT2D eigenvalue weighted by molar-refractivity contribution is 4.98. The van der Waals surface area contributed by atoms with Crippen LogP contribution in [0.4, 0.5) is 0 Å². The molecule has 2 N–H and O–H groups in total. The summed E-state index contributed by atoms with van der Waals surface area (Å²) in [5.74, 6) is 2.71. The van der Waals surface area contributed by atoms with E-state index in [1.54, 1.807) is 0 Å². The van der Waals surface area contributed by atoms with Crippen molar-refractivity contribution >= 4 is 0 Å². The topological polar surface area (TPSA) is 32.3 Å². The molecule has 0 bridgehead atoms. The highest BCUT2D eigenvalue weighted by atomic mass is 16.2. The molecule has 0 rings (SSSR count). The molecule has 0 fully saturated rings. The summed E-state index contributed by atoms with van der Waals surface area (Å²) >= 11 is 0. The van der Waals surface area contributed by atoms with Gasteiger partial charge in [-0.3, -0.25) is 0 Å². The Morgan fingerprint density at radius 2 is 2.25 bits per heavy atom. The quantitative estimate of drug-likeness (QED) is 0.442. The van der Waals surface area contributed by atoms with Crippen molar-refractivity contribution in [3.05, 3.63) is 0 Å². The van der Waals surface area contributed by atoms with Crippen LogP contribution >= 0.6 is 0 Å². The Labute approximate surface area is 75.4 Å². The summed E-state index contributed by atoms with van der Waals surface area (Å²) in [6.45, 7) is 3.31. The fourth-order valence-corrected chi connectivity index (χ4v) is 1.05. The first-order valence-electron chi connectivity index (χ1n) is 4.65. The van der Waals surface area contributed by atoms with Crippen LogP contribution in [0.1, 0.15) is 32.6 Å². The Bertz CT molecular complexity index is 128. The Balaban J connectivity index is 3.27. The molecule has 0 aromatic carbocycles. The second kappa shape index (κ2) is 8.58. The van der Waals surface area contributed by atoms with E-state index in [0.717, 1.165) is 32.2 Å². The molecule has 0 spiro atoms. The van der Waals surface area contributed by atoms with Gasteiger partial charge in [0.2, 0.25) is 0 Å². The van der Waals surface area contributed by atoms with Gasteiger partial charge >= 0.3 is 0 Å². The highest BCUT2D eigenvalue weighted by Gasteiger charge is 2.00. The normalized spacial score (nSPS) is 12.4. The summed E-state index contributed by atoms with van der Waals surface area (Å²) in [5, 5.41) is 11.8. The molecule has 12 heavy (non-hydrogen) atoms. The van der Waals surface area contributed by atoms with Gasteiger partial charge in [0.05, 0.1) is 6.04 Å². The molecule has 0 aliphatic rings. The third kappa shape index (κ3) is 6.21. The zero-order valence-corrected chi connectivity index (χ0v) is 7.84. The summed E-state index contributed by atoms with van der Waals surface area (Å²) < 4.78 is 0. The summed E-state index contributed by atoms with van der Waals surface area (Å²) in [6.07, 6.45) is 9.32. The van der Waals surface area contributed by atoms with E-state index in [-0.39, 0.29) is 12.6 Å². The van der Waals surface area contributed by atoms with Gasteiger partial charge in [0.25, 0.3) is 0 Å². The maximum Gasteiger partial charge on any atom is 0.0686 e. The van der Waals surface area contributed by atoms with Crippen LogP contribution in [0.2, 0.25) is 0 Å². The molecule has 0 saturated heterocycles. The van der Waals surface area contributed by atoms with E-state index in [9.17, 15) is 0 Å². The van der Waals surface area contributed by atoms with Gasteiger partial charge in [0.15, 0.2) is 0 Å². The van der Waals surface area contributed by atoms with E-state index in [2.05, 4.69) is 18.2 Å². The van der Waals surface area contributed by atoms with Crippen LogP contribution in [0.15, 0.2) is 0 Å². The van der Waals surface area contributed by atoms with Crippen LogP contribution in [0.5, 0.6) is 0 Å². The van der Waals surface area contributed by atoms with Gasteiger partial charge < -0.3 is 10.4 Å². The number of aliphatic hydroxyl groups is 1. The number of terminal acetylenes is 1. The molecule has 0 aromatic heterocycles. The lowest BCUT2D eigenvalue weighted by atomic mass is 10.2. The fraction of sp³-hybridized carbons (Fsp3) is 0.800. The maximum atomic E-state index is 8.52. The standard InChI is InChI=1S/C10H19NO/c1-3-7-10(4-2)11-8-5-6-9-12/h2,10-12H,3,5-9H2,1H3. The number of aliphatic hydroxyl groups excluding tert-OH is 1. The van der Waals surface area contributed by atoms with Crippen LogP contribution in [-0.4, -0.2) is 24.3 Å². The minimum absolute atomic E-state index is 0.216. The molecular formula is C10H19NO. The van der Waals surface area contributed by atoms with Crippen LogP contribution in [0.3, 0.4) is 0 Å². The van der Waals surface area contributed by atoms with Crippen LogP contribution < -0.4 is 5.32 Å². The van der Waals surface area contributed by atoms with Crippen molar-refractivity contribution in [1.82, 2.24) is 5.32 Å². The van der Waals surface area contributed by atoms with Crippen molar-refractivity contribution < 1.29 is 5.11 Å². The number of rotatable bonds is 7. The molecule has 0 amide bonds. The lowest BCUT2D eigenvalue weighted by molar-refractivity contribution is 0.283. The second-order valence-electron chi connectivity index (χ2n) is 2.89. The molecule has 1 atom stereocenters. The van der Waals surface area contributed by atoms with E-state index in [1.807, 2.05) is 0 Å². The predicted octanol–water partition coefficient (Wildman–Crippen LogP) is 1.15. The molecule has 0 aliphatic carbocycles. The SMILES string of the molecule is C#CC(CCC)NCCCCO. The molecule has 70 valence electrons. The number of hydrogen-bond donors (Lipinski definition) is 2. The van der Waals surface area contributed by atoms with Gasteiger partial charge in [-0.15, -0.1) is 6.42 Å².